The predicted octanol–water partition coefficient (Wildman–Crippen LogP) is 9.37. The molecular formula is C32H31N2OS3+. The first-order valence-electron chi connectivity index (χ1n) is 13.1. The number of thioether (sulfide) groups is 1. The van der Waals surface area contributed by atoms with Crippen LogP contribution >= 0.6 is 34.4 Å². The number of rotatable bonds is 7. The second kappa shape index (κ2) is 10.6. The number of thiophene rings is 1. The Hall–Kier alpha value is -3.06. The number of hydrogen-bond acceptors (Lipinski definition) is 5. The third-order valence-corrected chi connectivity index (χ3v) is 10.2. The Bertz CT molecular complexity index is 1690. The van der Waals surface area contributed by atoms with Gasteiger partial charge in [-0.05, 0) is 66.6 Å². The van der Waals surface area contributed by atoms with Crippen molar-refractivity contribution < 1.29 is 9.30 Å². The molecule has 0 N–H and O–H groups in total. The highest BCUT2D eigenvalue weighted by Gasteiger charge is 2.26. The Balaban J connectivity index is 1.40. The van der Waals surface area contributed by atoms with Gasteiger partial charge in [0.1, 0.15) is 21.7 Å². The first-order chi connectivity index (χ1) is 18.6. The fourth-order valence-corrected chi connectivity index (χ4v) is 8.63. The van der Waals surface area contributed by atoms with Gasteiger partial charge < -0.3 is 9.64 Å². The van der Waals surface area contributed by atoms with Crippen LogP contribution in [-0.4, -0.2) is 13.7 Å². The van der Waals surface area contributed by atoms with Gasteiger partial charge in [0, 0.05) is 29.0 Å². The van der Waals surface area contributed by atoms with Gasteiger partial charge >= 0.3 is 0 Å². The van der Waals surface area contributed by atoms with E-state index in [1.807, 2.05) is 23.1 Å². The fraction of sp³-hybridized carbons (Fsp3) is 0.219. The molecule has 38 heavy (non-hydrogen) atoms. The van der Waals surface area contributed by atoms with Gasteiger partial charge in [-0.25, -0.2) is 0 Å². The molecule has 1 aliphatic heterocycles. The van der Waals surface area contributed by atoms with Gasteiger partial charge in [0.2, 0.25) is 5.52 Å². The number of methoxy groups -OCH3 is 1. The predicted molar refractivity (Wildman–Crippen MR) is 167 cm³/mol. The molecule has 5 aromatic rings. The molecule has 3 heterocycles. The summed E-state index contributed by atoms with van der Waals surface area (Å²) in [6.07, 6.45) is 5.75. The van der Waals surface area contributed by atoms with Crippen LogP contribution in [0.5, 0.6) is 5.75 Å². The minimum Gasteiger partial charge on any atom is -0.496 e. The number of nitrogens with zero attached hydrogens (tertiary/aromatic N) is 2. The number of allylic oxidation sites excluding steroid dienone is 2. The quantitative estimate of drug-likeness (QED) is 0.186. The second-order valence-corrected chi connectivity index (χ2v) is 12.3. The first kappa shape index (κ1) is 25.2. The third kappa shape index (κ3) is 4.35. The van der Waals surface area contributed by atoms with Gasteiger partial charge in [-0.1, -0.05) is 66.4 Å². The van der Waals surface area contributed by atoms with Crippen LogP contribution in [0.1, 0.15) is 32.2 Å². The van der Waals surface area contributed by atoms with E-state index in [1.165, 1.54) is 57.6 Å². The summed E-state index contributed by atoms with van der Waals surface area (Å²) in [6, 6.07) is 21.9. The van der Waals surface area contributed by atoms with Crippen molar-refractivity contribution in [1.29, 1.82) is 0 Å². The molecular weight excluding hydrogens is 525 g/mol. The van der Waals surface area contributed by atoms with Crippen LogP contribution < -0.4 is 14.2 Å². The highest BCUT2D eigenvalue weighted by atomic mass is 32.2. The molecule has 0 unspecified atom stereocenters. The Kier molecular flexibility index (Phi) is 7.04. The van der Waals surface area contributed by atoms with Crippen molar-refractivity contribution in [3.63, 3.8) is 0 Å². The summed E-state index contributed by atoms with van der Waals surface area (Å²) in [7, 11) is 1.77. The monoisotopic (exact) mass is 555 g/mol. The Morgan fingerprint density at radius 1 is 1.00 bits per heavy atom. The lowest BCUT2D eigenvalue weighted by atomic mass is 10.0. The topological polar surface area (TPSA) is 16.4 Å². The molecule has 0 saturated heterocycles. The van der Waals surface area contributed by atoms with Crippen molar-refractivity contribution >= 4 is 66.5 Å². The molecule has 0 fully saturated rings. The van der Waals surface area contributed by atoms with Gasteiger partial charge in [-0.15, -0.1) is 11.3 Å². The zero-order valence-electron chi connectivity index (χ0n) is 22.2. The lowest BCUT2D eigenvalue weighted by molar-refractivity contribution is -0.664. The maximum Gasteiger partial charge on any atom is 0.263 e. The van der Waals surface area contributed by atoms with Crippen LogP contribution in [0.4, 0.5) is 5.69 Å². The summed E-state index contributed by atoms with van der Waals surface area (Å²) < 4.78 is 10.8. The lowest BCUT2D eigenvalue weighted by Gasteiger charge is -2.19. The second-order valence-electron chi connectivity index (χ2n) is 9.22. The van der Waals surface area contributed by atoms with Crippen LogP contribution in [0.3, 0.4) is 0 Å². The van der Waals surface area contributed by atoms with E-state index >= 15 is 0 Å². The summed E-state index contributed by atoms with van der Waals surface area (Å²) in [5, 5.41) is 5.95. The fourth-order valence-electron chi connectivity index (χ4n) is 5.17. The van der Waals surface area contributed by atoms with Crippen molar-refractivity contribution in [2.45, 2.75) is 38.6 Å². The molecule has 6 rings (SSSR count). The Labute approximate surface area is 236 Å². The molecule has 0 radical (unpaired) electrons. The minimum atomic E-state index is 0.933. The van der Waals surface area contributed by atoms with E-state index in [4.69, 9.17) is 4.74 Å². The van der Waals surface area contributed by atoms with Gasteiger partial charge in [0.15, 0.2) is 0 Å². The van der Waals surface area contributed by atoms with E-state index in [9.17, 15) is 0 Å². The highest BCUT2D eigenvalue weighted by Crippen LogP contribution is 2.48. The zero-order chi connectivity index (χ0) is 26.2. The summed E-state index contributed by atoms with van der Waals surface area (Å²) in [4.78, 5) is 3.78. The largest absolute Gasteiger partial charge is 0.496 e. The van der Waals surface area contributed by atoms with Crippen LogP contribution in [0.2, 0.25) is 0 Å². The molecule has 6 heteroatoms. The number of aromatic nitrogens is 1. The molecule has 2 aromatic heterocycles. The van der Waals surface area contributed by atoms with Crippen molar-refractivity contribution in [1.82, 2.24) is 0 Å². The normalized spacial score (nSPS) is 14.7. The Morgan fingerprint density at radius 3 is 2.58 bits per heavy atom. The molecule has 1 aliphatic rings. The maximum absolute atomic E-state index is 5.73. The number of ether oxygens (including phenoxy) is 1. The van der Waals surface area contributed by atoms with E-state index in [0.29, 0.717) is 0 Å². The van der Waals surface area contributed by atoms with Crippen LogP contribution in [0, 0.1) is 0 Å². The number of anilines is 1. The molecule has 0 saturated carbocycles. The molecule has 3 nitrogen and oxygen atoms in total. The van der Waals surface area contributed by atoms with Crippen LogP contribution in [-0.2, 0) is 6.54 Å². The van der Waals surface area contributed by atoms with Gasteiger partial charge in [0.05, 0.1) is 17.8 Å². The average Bonchev–Trinajstić information content (AvgIpc) is 3.66. The summed E-state index contributed by atoms with van der Waals surface area (Å²) in [5.74, 6) is 0.959. The number of fused-ring (bicyclic) bond motifs is 4. The number of hydrogen-bond donors (Lipinski definition) is 0. The Morgan fingerprint density at radius 2 is 1.84 bits per heavy atom. The SMILES string of the molecule is CCC(/C=C1\Sc2ccc(-c3ccccc3)cc2N1CC)=C\c1sc2cc(OC)c3ccsc3c2[n+]1CC. The molecule has 0 bridgehead atoms. The number of thiazole rings is 1. The molecule has 0 aliphatic carbocycles. The summed E-state index contributed by atoms with van der Waals surface area (Å²) in [5.41, 5.74) is 6.49. The van der Waals surface area contributed by atoms with Gasteiger partial charge in [-0.2, -0.15) is 4.57 Å². The maximum atomic E-state index is 5.73. The first-order valence-corrected chi connectivity index (χ1v) is 15.6. The van der Waals surface area contributed by atoms with Gasteiger partial charge in [-0.3, -0.25) is 0 Å². The summed E-state index contributed by atoms with van der Waals surface area (Å²) in [6.45, 7) is 8.61. The molecule has 0 spiro atoms. The smallest absolute Gasteiger partial charge is 0.263 e. The zero-order valence-corrected chi connectivity index (χ0v) is 24.6. The van der Waals surface area contributed by atoms with Crippen molar-refractivity contribution in [2.24, 2.45) is 0 Å². The third-order valence-electron chi connectivity index (χ3n) is 7.11. The lowest BCUT2D eigenvalue weighted by Crippen LogP contribution is -2.33. The minimum absolute atomic E-state index is 0.933. The van der Waals surface area contributed by atoms with Crippen molar-refractivity contribution in [3.05, 3.63) is 87.7 Å². The highest BCUT2D eigenvalue weighted by molar-refractivity contribution is 8.03. The summed E-state index contributed by atoms with van der Waals surface area (Å²) >= 11 is 5.53. The van der Waals surface area contributed by atoms with Crippen molar-refractivity contribution in [2.75, 3.05) is 18.6 Å². The van der Waals surface area contributed by atoms with Crippen LogP contribution in [0.15, 0.2) is 87.6 Å². The average molecular weight is 556 g/mol. The van der Waals surface area contributed by atoms with Crippen LogP contribution in [0.25, 0.3) is 37.5 Å². The van der Waals surface area contributed by atoms with Crippen molar-refractivity contribution in [3.8, 4) is 16.9 Å². The molecule has 0 atom stereocenters. The standard InChI is InChI=1S/C32H31N2OS3/c1-5-21(18-30-34(7-3)31-28(38-30)20-26(35-4)24-15-16-36-32(24)31)17-29-33(6-2)25-19-23(13-14-27(25)37-29)22-11-9-8-10-12-22/h8-20H,5-7H2,1-4H3/q+1. The van der Waals surface area contributed by atoms with Gasteiger partial charge in [0.25, 0.3) is 5.01 Å². The van der Waals surface area contributed by atoms with E-state index in [2.05, 4.69) is 108 Å². The molecule has 0 amide bonds. The molecule has 192 valence electrons. The van der Waals surface area contributed by atoms with E-state index in [-0.39, 0.29) is 0 Å². The molecule has 3 aromatic carbocycles. The van der Waals surface area contributed by atoms with E-state index in [1.54, 1.807) is 18.4 Å². The number of benzene rings is 3. The van der Waals surface area contributed by atoms with E-state index < -0.39 is 0 Å². The van der Waals surface area contributed by atoms with E-state index in [0.717, 1.165) is 25.3 Å². The number of aryl methyl sites for hydroxylation is 1.